The van der Waals surface area contributed by atoms with Crippen molar-refractivity contribution >= 4 is 28.5 Å². The Morgan fingerprint density at radius 1 is 1.24 bits per heavy atom. The van der Waals surface area contributed by atoms with Crippen molar-refractivity contribution in [2.75, 3.05) is 5.32 Å². The molecule has 7 nitrogen and oxygen atoms in total. The van der Waals surface area contributed by atoms with Crippen LogP contribution in [0.1, 0.15) is 32.5 Å². The number of rotatable bonds is 7. The van der Waals surface area contributed by atoms with Crippen LogP contribution in [0.2, 0.25) is 0 Å². The van der Waals surface area contributed by atoms with Gasteiger partial charge in [-0.05, 0) is 30.9 Å². The zero-order valence-corrected chi connectivity index (χ0v) is 14.5. The van der Waals surface area contributed by atoms with Gasteiger partial charge in [0.2, 0.25) is 11.8 Å². The number of nitrogens with two attached hydrogens (primary N) is 1. The summed E-state index contributed by atoms with van der Waals surface area (Å²) < 4.78 is 0. The normalized spacial score (nSPS) is 15.2. The van der Waals surface area contributed by atoms with E-state index in [-0.39, 0.29) is 24.3 Å². The number of nitrogens with zero attached hydrogens (tertiary/aromatic N) is 2. The molecule has 0 unspecified atom stereocenters. The van der Waals surface area contributed by atoms with Crippen LogP contribution in [0.25, 0.3) is 10.9 Å². The first kappa shape index (κ1) is 17.1. The van der Waals surface area contributed by atoms with Gasteiger partial charge in [0, 0.05) is 11.3 Å². The second-order valence-electron chi connectivity index (χ2n) is 6.77. The molecule has 2 amide bonds. The molecule has 1 fully saturated rings. The van der Waals surface area contributed by atoms with E-state index in [1.807, 2.05) is 38.1 Å². The van der Waals surface area contributed by atoms with Crippen LogP contribution < -0.4 is 16.4 Å². The Morgan fingerprint density at radius 3 is 2.60 bits per heavy atom. The quantitative estimate of drug-likeness (QED) is 0.708. The van der Waals surface area contributed by atoms with Gasteiger partial charge in [0.1, 0.15) is 11.9 Å². The monoisotopic (exact) mass is 341 g/mol. The number of amides is 2. The minimum Gasteiger partial charge on any atom is -0.368 e. The van der Waals surface area contributed by atoms with Crippen molar-refractivity contribution in [2.24, 2.45) is 17.6 Å². The Morgan fingerprint density at radius 2 is 1.96 bits per heavy atom. The molecule has 1 aliphatic carbocycles. The van der Waals surface area contributed by atoms with E-state index in [0.717, 1.165) is 23.7 Å². The van der Waals surface area contributed by atoms with Gasteiger partial charge in [-0.3, -0.25) is 9.59 Å². The van der Waals surface area contributed by atoms with Gasteiger partial charge in [-0.15, -0.1) is 0 Å². The van der Waals surface area contributed by atoms with Crippen LogP contribution in [0, 0.1) is 11.8 Å². The maximum absolute atomic E-state index is 11.8. The van der Waals surface area contributed by atoms with Crippen molar-refractivity contribution in [2.45, 2.75) is 39.3 Å². The molecule has 25 heavy (non-hydrogen) atoms. The van der Waals surface area contributed by atoms with Crippen LogP contribution in [0.3, 0.4) is 0 Å². The summed E-state index contributed by atoms with van der Waals surface area (Å²) in [5.74, 6) is 0.827. The molecule has 3 rings (SSSR count). The van der Waals surface area contributed by atoms with Crippen LogP contribution in [0.15, 0.2) is 24.3 Å². The van der Waals surface area contributed by atoms with Gasteiger partial charge in [-0.1, -0.05) is 26.0 Å². The lowest BCUT2D eigenvalue weighted by Crippen LogP contribution is -2.40. The number of anilines is 1. The van der Waals surface area contributed by atoms with Crippen LogP contribution in [-0.2, 0) is 16.1 Å². The Bertz CT molecular complexity index is 801. The third kappa shape index (κ3) is 4.04. The number of hydrogen-bond acceptors (Lipinski definition) is 5. The number of hydrogen-bond donors (Lipinski definition) is 3. The predicted molar refractivity (Wildman–Crippen MR) is 95.6 cm³/mol. The molecule has 1 heterocycles. The summed E-state index contributed by atoms with van der Waals surface area (Å²) >= 11 is 0. The molecular weight excluding hydrogens is 318 g/mol. The SMILES string of the molecule is CC(C)[C@H](Nc1nc(CNC(=O)C2CC2)nc2ccccc12)C(N)=O. The summed E-state index contributed by atoms with van der Waals surface area (Å²) in [5, 5.41) is 6.83. The average molecular weight is 341 g/mol. The van der Waals surface area contributed by atoms with Crippen LogP contribution >= 0.6 is 0 Å². The number of aromatic nitrogens is 2. The van der Waals surface area contributed by atoms with E-state index in [1.165, 1.54) is 0 Å². The van der Waals surface area contributed by atoms with Crippen molar-refractivity contribution in [3.8, 4) is 0 Å². The highest BCUT2D eigenvalue weighted by molar-refractivity contribution is 5.92. The molecule has 1 aromatic carbocycles. The highest BCUT2D eigenvalue weighted by atomic mass is 16.2. The van der Waals surface area contributed by atoms with E-state index in [4.69, 9.17) is 5.73 Å². The average Bonchev–Trinajstić information content (AvgIpc) is 3.41. The van der Waals surface area contributed by atoms with Crippen LogP contribution in [-0.4, -0.2) is 27.8 Å². The van der Waals surface area contributed by atoms with E-state index in [2.05, 4.69) is 20.6 Å². The van der Waals surface area contributed by atoms with Gasteiger partial charge in [0.25, 0.3) is 0 Å². The molecule has 1 aromatic heterocycles. The molecule has 2 aromatic rings. The van der Waals surface area contributed by atoms with E-state index < -0.39 is 11.9 Å². The lowest BCUT2D eigenvalue weighted by molar-refractivity contribution is -0.122. The first-order chi connectivity index (χ1) is 12.0. The molecule has 132 valence electrons. The Labute approximate surface area is 146 Å². The highest BCUT2D eigenvalue weighted by Crippen LogP contribution is 2.29. The Balaban J connectivity index is 1.88. The van der Waals surface area contributed by atoms with E-state index in [0.29, 0.717) is 11.6 Å². The number of fused-ring (bicyclic) bond motifs is 1. The summed E-state index contributed by atoms with van der Waals surface area (Å²) in [7, 11) is 0. The summed E-state index contributed by atoms with van der Waals surface area (Å²) in [6, 6.07) is 7.01. The molecule has 0 aliphatic heterocycles. The van der Waals surface area contributed by atoms with Gasteiger partial charge in [0.15, 0.2) is 5.82 Å². The fourth-order valence-electron chi connectivity index (χ4n) is 2.68. The van der Waals surface area contributed by atoms with Gasteiger partial charge < -0.3 is 16.4 Å². The first-order valence-electron chi connectivity index (χ1n) is 8.55. The fourth-order valence-corrected chi connectivity index (χ4v) is 2.68. The van der Waals surface area contributed by atoms with E-state index in [9.17, 15) is 9.59 Å². The molecule has 0 saturated heterocycles. The Kier molecular flexibility index (Phi) is 4.83. The number of nitrogens with one attached hydrogen (secondary N) is 2. The summed E-state index contributed by atoms with van der Waals surface area (Å²) in [4.78, 5) is 32.6. The number of carbonyl (C=O) groups excluding carboxylic acids is 2. The van der Waals surface area contributed by atoms with E-state index >= 15 is 0 Å². The van der Waals surface area contributed by atoms with Crippen molar-refractivity contribution in [3.05, 3.63) is 30.1 Å². The number of benzene rings is 1. The maximum atomic E-state index is 11.8. The maximum Gasteiger partial charge on any atom is 0.240 e. The van der Waals surface area contributed by atoms with Crippen molar-refractivity contribution in [1.82, 2.24) is 15.3 Å². The first-order valence-corrected chi connectivity index (χ1v) is 8.55. The summed E-state index contributed by atoms with van der Waals surface area (Å²) in [6.07, 6.45) is 1.90. The molecule has 0 radical (unpaired) electrons. The smallest absolute Gasteiger partial charge is 0.240 e. The number of primary amides is 1. The molecule has 0 spiro atoms. The Hall–Kier alpha value is -2.70. The van der Waals surface area contributed by atoms with Gasteiger partial charge >= 0.3 is 0 Å². The van der Waals surface area contributed by atoms with Crippen molar-refractivity contribution < 1.29 is 9.59 Å². The standard InChI is InChI=1S/C18H23N5O2/c1-10(2)15(16(19)24)23-17-12-5-3-4-6-13(12)21-14(22-17)9-20-18(25)11-7-8-11/h3-6,10-11,15H,7-9H2,1-2H3,(H2,19,24)(H,20,25)(H,21,22,23)/t15-/m0/s1. The predicted octanol–water partition coefficient (Wildman–Crippen LogP) is 1.58. The van der Waals surface area contributed by atoms with Gasteiger partial charge in [-0.25, -0.2) is 9.97 Å². The van der Waals surface area contributed by atoms with Crippen molar-refractivity contribution in [3.63, 3.8) is 0 Å². The fraction of sp³-hybridized carbons (Fsp3) is 0.444. The van der Waals surface area contributed by atoms with Crippen molar-refractivity contribution in [1.29, 1.82) is 0 Å². The van der Waals surface area contributed by atoms with Gasteiger partial charge in [0.05, 0.1) is 12.1 Å². The molecule has 1 atom stereocenters. The second kappa shape index (κ2) is 7.04. The summed E-state index contributed by atoms with van der Waals surface area (Å²) in [5.41, 5.74) is 6.26. The minimum absolute atomic E-state index is 0.0178. The lowest BCUT2D eigenvalue weighted by Gasteiger charge is -2.21. The molecule has 1 aliphatic rings. The topological polar surface area (TPSA) is 110 Å². The minimum atomic E-state index is -0.535. The van der Waals surface area contributed by atoms with Gasteiger partial charge in [-0.2, -0.15) is 0 Å². The van der Waals surface area contributed by atoms with Crippen LogP contribution in [0.4, 0.5) is 5.82 Å². The number of carbonyl (C=O) groups is 2. The third-order valence-electron chi connectivity index (χ3n) is 4.28. The third-order valence-corrected chi connectivity index (χ3v) is 4.28. The van der Waals surface area contributed by atoms with Crippen LogP contribution in [0.5, 0.6) is 0 Å². The second-order valence-corrected chi connectivity index (χ2v) is 6.77. The molecule has 1 saturated carbocycles. The zero-order chi connectivity index (χ0) is 18.0. The lowest BCUT2D eigenvalue weighted by atomic mass is 10.0. The molecule has 0 bridgehead atoms. The highest BCUT2D eigenvalue weighted by Gasteiger charge is 2.29. The molecule has 7 heteroatoms. The summed E-state index contributed by atoms with van der Waals surface area (Å²) in [6.45, 7) is 4.10. The number of para-hydroxylation sites is 1. The zero-order valence-electron chi connectivity index (χ0n) is 14.5. The largest absolute Gasteiger partial charge is 0.368 e. The van der Waals surface area contributed by atoms with E-state index in [1.54, 1.807) is 0 Å². The molecular formula is C18H23N5O2. The molecule has 4 N–H and O–H groups in total.